The highest BCUT2D eigenvalue weighted by molar-refractivity contribution is 6.15. The lowest BCUT2D eigenvalue weighted by Crippen LogP contribution is -2.57. The lowest BCUT2D eigenvalue weighted by atomic mass is 9.64. The zero-order chi connectivity index (χ0) is 22.6. The van der Waals surface area contributed by atoms with Crippen molar-refractivity contribution in [2.45, 2.75) is 32.8 Å². The van der Waals surface area contributed by atoms with Crippen LogP contribution < -0.4 is 0 Å². The molecule has 1 amide bonds. The maximum absolute atomic E-state index is 14.2. The maximum atomic E-state index is 14.2. The van der Waals surface area contributed by atoms with Gasteiger partial charge in [0.25, 0.3) is 0 Å². The largest absolute Gasteiger partial charge is 0.453 e. The number of nitrogens with zero attached hydrogens (tertiary/aromatic N) is 1. The van der Waals surface area contributed by atoms with Gasteiger partial charge in [-0.1, -0.05) is 19.9 Å². The second-order valence-corrected chi connectivity index (χ2v) is 9.04. The number of halogens is 2. The van der Waals surface area contributed by atoms with E-state index in [-0.39, 0.29) is 22.6 Å². The van der Waals surface area contributed by atoms with E-state index in [4.69, 9.17) is 20.3 Å². The second kappa shape index (κ2) is 7.51. The third-order valence-electron chi connectivity index (χ3n) is 7.54. The van der Waals surface area contributed by atoms with Gasteiger partial charge in [0.05, 0.1) is 37.6 Å². The molecule has 8 heteroatoms. The van der Waals surface area contributed by atoms with Crippen LogP contribution >= 0.6 is 0 Å². The van der Waals surface area contributed by atoms with Crippen LogP contribution in [0, 0.1) is 39.2 Å². The van der Waals surface area contributed by atoms with Gasteiger partial charge in [-0.05, 0) is 48.0 Å². The Morgan fingerprint density at radius 2 is 2.00 bits per heavy atom. The number of rotatable bonds is 3. The molecule has 0 aromatic heterocycles. The summed E-state index contributed by atoms with van der Waals surface area (Å²) in [6.45, 7) is 5.25. The number of carbonyl (C=O) groups is 1. The number of benzene rings is 1. The minimum Gasteiger partial charge on any atom is -0.453 e. The maximum Gasteiger partial charge on any atom is 0.409 e. The fourth-order valence-electron chi connectivity index (χ4n) is 5.92. The Labute approximate surface area is 180 Å². The van der Waals surface area contributed by atoms with Gasteiger partial charge in [-0.2, -0.15) is 0 Å². The van der Waals surface area contributed by atoms with Crippen LogP contribution in [0.4, 0.5) is 13.6 Å². The number of ether oxygens (including phenoxy) is 2. The van der Waals surface area contributed by atoms with Gasteiger partial charge in [0.1, 0.15) is 11.6 Å². The van der Waals surface area contributed by atoms with Gasteiger partial charge in [-0.15, -0.1) is 0 Å². The van der Waals surface area contributed by atoms with E-state index in [1.807, 2.05) is 0 Å². The van der Waals surface area contributed by atoms with Crippen molar-refractivity contribution in [3.63, 3.8) is 0 Å². The van der Waals surface area contributed by atoms with Crippen LogP contribution in [0.2, 0.25) is 0 Å². The van der Waals surface area contributed by atoms with Crippen molar-refractivity contribution in [3.05, 3.63) is 47.0 Å². The molecule has 2 saturated carbocycles. The Bertz CT molecular complexity index is 970. The van der Waals surface area contributed by atoms with Crippen molar-refractivity contribution < 1.29 is 23.0 Å². The number of nitrogens with one attached hydrogen (secondary N) is 2. The number of morpholine rings is 1. The molecule has 4 rings (SSSR count). The van der Waals surface area contributed by atoms with Crippen molar-refractivity contribution in [3.8, 4) is 0 Å². The first-order valence-corrected chi connectivity index (χ1v) is 10.4. The summed E-state index contributed by atoms with van der Waals surface area (Å²) in [4.78, 5) is 13.7. The van der Waals surface area contributed by atoms with E-state index < -0.39 is 29.2 Å². The zero-order valence-corrected chi connectivity index (χ0v) is 17.9. The highest BCUT2D eigenvalue weighted by Gasteiger charge is 2.68. The molecular formula is C23H27F2N3O3. The van der Waals surface area contributed by atoms with E-state index in [1.165, 1.54) is 19.3 Å². The average Bonchev–Trinajstić information content (AvgIpc) is 3.09. The van der Waals surface area contributed by atoms with Crippen LogP contribution in [0.5, 0.6) is 0 Å². The van der Waals surface area contributed by atoms with Gasteiger partial charge in [0.2, 0.25) is 0 Å². The standard InChI is InChI=1S/C23H27F2N3O3/c1-22(2)14-7-8-23(22,18-12-28(9-10-31-18)21(29)30-3)20(27)13(14)11-17(26)19-15(24)5-4-6-16(19)25/h4-6,11,14,18,26-27H,7-10,12H2,1-3H3/b13-11-,26-17?,27-20?/t14-,18-,23-/m0/s1. The van der Waals surface area contributed by atoms with Crippen LogP contribution in [-0.4, -0.2) is 55.3 Å². The molecule has 2 N–H and O–H groups in total. The fraction of sp³-hybridized carbons (Fsp3) is 0.522. The third kappa shape index (κ3) is 3.03. The topological polar surface area (TPSA) is 86.5 Å². The molecule has 2 aliphatic carbocycles. The molecule has 3 aliphatic rings. The minimum absolute atomic E-state index is 0.0349. The lowest BCUT2D eigenvalue weighted by Gasteiger charge is -2.47. The molecule has 0 radical (unpaired) electrons. The summed E-state index contributed by atoms with van der Waals surface area (Å²) in [6.07, 6.45) is 2.14. The van der Waals surface area contributed by atoms with Gasteiger partial charge < -0.3 is 25.2 Å². The predicted octanol–water partition coefficient (Wildman–Crippen LogP) is 4.18. The van der Waals surface area contributed by atoms with Gasteiger partial charge in [0, 0.05) is 17.7 Å². The highest BCUT2D eigenvalue weighted by atomic mass is 19.1. The van der Waals surface area contributed by atoms with Crippen LogP contribution in [0.25, 0.3) is 0 Å². The Kier molecular flexibility index (Phi) is 5.24. The summed E-state index contributed by atoms with van der Waals surface area (Å²) >= 11 is 0. The quantitative estimate of drug-likeness (QED) is 0.704. The smallest absolute Gasteiger partial charge is 0.409 e. The minimum atomic E-state index is -0.796. The summed E-state index contributed by atoms with van der Waals surface area (Å²) in [6, 6.07) is 3.51. The van der Waals surface area contributed by atoms with Crippen molar-refractivity contribution >= 4 is 17.5 Å². The fourth-order valence-corrected chi connectivity index (χ4v) is 5.92. The molecule has 2 bridgehead atoms. The second-order valence-electron chi connectivity index (χ2n) is 9.04. The number of methoxy groups -OCH3 is 1. The molecule has 1 aromatic carbocycles. The summed E-state index contributed by atoms with van der Waals surface area (Å²) in [5.41, 5.74) is -0.717. The van der Waals surface area contributed by atoms with Crippen molar-refractivity contribution in [2.24, 2.45) is 16.7 Å². The number of hydrogen-bond acceptors (Lipinski definition) is 5. The molecule has 31 heavy (non-hydrogen) atoms. The van der Waals surface area contributed by atoms with Crippen molar-refractivity contribution in [2.75, 3.05) is 26.8 Å². The summed E-state index contributed by atoms with van der Waals surface area (Å²) in [5.74, 6) is -1.63. The van der Waals surface area contributed by atoms with E-state index in [9.17, 15) is 13.6 Å². The molecule has 1 saturated heterocycles. The third-order valence-corrected chi connectivity index (χ3v) is 7.54. The molecule has 1 aliphatic heterocycles. The normalized spacial score (nSPS) is 30.7. The Morgan fingerprint density at radius 3 is 2.65 bits per heavy atom. The Morgan fingerprint density at radius 1 is 1.32 bits per heavy atom. The molecule has 166 valence electrons. The Hall–Kier alpha value is -2.61. The van der Waals surface area contributed by atoms with Crippen LogP contribution in [0.3, 0.4) is 0 Å². The molecule has 6 nitrogen and oxygen atoms in total. The van der Waals surface area contributed by atoms with Gasteiger partial charge in [-0.25, -0.2) is 13.6 Å². The monoisotopic (exact) mass is 431 g/mol. The van der Waals surface area contributed by atoms with Gasteiger partial charge in [0.15, 0.2) is 0 Å². The van der Waals surface area contributed by atoms with Crippen LogP contribution in [0.1, 0.15) is 32.3 Å². The van der Waals surface area contributed by atoms with Crippen molar-refractivity contribution in [1.29, 1.82) is 10.8 Å². The van der Waals surface area contributed by atoms with Gasteiger partial charge in [-0.3, -0.25) is 0 Å². The molecule has 3 atom stereocenters. The first-order valence-electron chi connectivity index (χ1n) is 10.4. The number of hydrogen-bond donors (Lipinski definition) is 2. The van der Waals surface area contributed by atoms with Crippen molar-refractivity contribution in [1.82, 2.24) is 4.90 Å². The van der Waals surface area contributed by atoms with Gasteiger partial charge >= 0.3 is 6.09 Å². The predicted molar refractivity (Wildman–Crippen MR) is 112 cm³/mol. The summed E-state index contributed by atoms with van der Waals surface area (Å²) in [7, 11) is 1.34. The molecule has 1 heterocycles. The first-order chi connectivity index (χ1) is 14.6. The molecule has 0 spiro atoms. The molecule has 3 fully saturated rings. The number of amides is 1. The highest BCUT2D eigenvalue weighted by Crippen LogP contribution is 2.68. The van der Waals surface area contributed by atoms with Crippen LogP contribution in [-0.2, 0) is 9.47 Å². The molecular weight excluding hydrogens is 404 g/mol. The first kappa shape index (κ1) is 21.6. The number of fused-ring (bicyclic) bond motifs is 2. The zero-order valence-electron chi connectivity index (χ0n) is 17.9. The SMILES string of the molecule is COC(=O)N1CCO[C@H]([C@@]23CC[C@@H](/C(=C/C(=N)c4c(F)cccc4F)C2=N)C3(C)C)C1. The van der Waals surface area contributed by atoms with E-state index in [1.54, 1.807) is 4.90 Å². The van der Waals surface area contributed by atoms with Crippen LogP contribution in [0.15, 0.2) is 29.8 Å². The van der Waals surface area contributed by atoms with E-state index >= 15 is 0 Å². The lowest BCUT2D eigenvalue weighted by molar-refractivity contribution is -0.0929. The van der Waals surface area contributed by atoms with E-state index in [0.717, 1.165) is 25.0 Å². The number of carbonyl (C=O) groups excluding carboxylic acids is 1. The summed E-state index contributed by atoms with van der Waals surface area (Å²) in [5, 5.41) is 17.4. The molecule has 1 aromatic rings. The van der Waals surface area contributed by atoms with E-state index in [2.05, 4.69) is 13.8 Å². The summed E-state index contributed by atoms with van der Waals surface area (Å²) < 4.78 is 39.4. The molecule has 0 unspecified atom stereocenters. The van der Waals surface area contributed by atoms with E-state index in [0.29, 0.717) is 31.0 Å². The Balaban J connectivity index is 1.71. The average molecular weight is 431 g/mol. The number of allylic oxidation sites excluding steroid dienone is 2.